The Morgan fingerprint density at radius 3 is 2.28 bits per heavy atom. The maximum Gasteiger partial charge on any atom is 0.277 e. The molecule has 2 aromatic rings. The van der Waals surface area contributed by atoms with E-state index in [0.717, 1.165) is 9.37 Å². The van der Waals surface area contributed by atoms with Gasteiger partial charge >= 0.3 is 0 Å². The van der Waals surface area contributed by atoms with Crippen molar-refractivity contribution >= 4 is 44.8 Å². The number of halogens is 1. The molecule has 0 aliphatic rings. The molecule has 0 heterocycles. The van der Waals surface area contributed by atoms with Crippen LogP contribution < -0.4 is 16.0 Å². The maximum absolute atomic E-state index is 12.6. The van der Waals surface area contributed by atoms with E-state index in [0.29, 0.717) is 17.1 Å². The zero-order valence-electron chi connectivity index (χ0n) is 13.4. The number of imide groups is 1. The molecule has 2 aromatic carbocycles. The number of nitrogens with two attached hydrogens (primary N) is 1. The van der Waals surface area contributed by atoms with Gasteiger partial charge in [-0.05, 0) is 48.5 Å². The summed E-state index contributed by atoms with van der Waals surface area (Å²) < 4.78 is 0.907. The predicted octanol–water partition coefficient (Wildman–Crippen LogP) is 3.43. The molecule has 3 N–H and O–H groups in total. The van der Waals surface area contributed by atoms with Crippen molar-refractivity contribution in [1.29, 1.82) is 5.26 Å². The number of hydrogen-bond donors (Lipinski definition) is 2. The molecule has 2 rings (SSSR count). The van der Waals surface area contributed by atoms with Gasteiger partial charge in [0.25, 0.3) is 5.91 Å². The molecule has 0 bridgehead atoms. The minimum absolute atomic E-state index is 0.199. The van der Waals surface area contributed by atoms with E-state index in [1.165, 1.54) is 13.1 Å². The van der Waals surface area contributed by atoms with Crippen LogP contribution in [0.3, 0.4) is 0 Å². The van der Waals surface area contributed by atoms with Crippen LogP contribution in [0.5, 0.6) is 0 Å². The second-order valence-electron chi connectivity index (χ2n) is 5.07. The Balaban J connectivity index is 2.27. The van der Waals surface area contributed by atoms with Crippen molar-refractivity contribution in [2.24, 2.45) is 0 Å². The summed E-state index contributed by atoms with van der Waals surface area (Å²) in [6.07, 6.45) is 1.28. The molecule has 2 amide bonds. The first-order valence-electron chi connectivity index (χ1n) is 7.25. The number of nitrogens with zero attached hydrogens (tertiary/aromatic N) is 2. The number of nitrogens with one attached hydrogen (secondary N) is 1. The van der Waals surface area contributed by atoms with E-state index in [1.54, 1.807) is 36.4 Å². The third-order valence-electron chi connectivity index (χ3n) is 3.25. The molecule has 0 aliphatic carbocycles. The molecule has 0 atom stereocenters. The Kier molecular flexibility index (Phi) is 5.93. The summed E-state index contributed by atoms with van der Waals surface area (Å²) in [7, 11) is 0. The molecular weight excluding hydrogens is 384 g/mol. The van der Waals surface area contributed by atoms with Crippen LogP contribution in [0, 0.1) is 11.3 Å². The van der Waals surface area contributed by atoms with Crippen LogP contribution in [0.2, 0.25) is 0 Å². The van der Waals surface area contributed by atoms with E-state index < -0.39 is 11.8 Å². The van der Waals surface area contributed by atoms with E-state index in [1.807, 2.05) is 18.2 Å². The van der Waals surface area contributed by atoms with Crippen LogP contribution in [0.15, 0.2) is 64.8 Å². The molecule has 0 radical (unpaired) electrons. The maximum atomic E-state index is 12.6. The molecular formula is C18H15BrN4O2. The van der Waals surface area contributed by atoms with Crippen LogP contribution in [0.25, 0.3) is 0 Å². The number of carbonyl (C=O) groups excluding carboxylic acids is 2. The van der Waals surface area contributed by atoms with Crippen molar-refractivity contribution in [2.45, 2.75) is 6.92 Å². The molecule has 0 spiro atoms. The fourth-order valence-electron chi connectivity index (χ4n) is 2.03. The SMILES string of the molecule is CC(=O)N(C(=O)/C(C#N)=C\Nc1ccc(Br)cc1)c1ccc(N)cc1. The molecule has 0 saturated heterocycles. The molecule has 7 heteroatoms. The lowest BCUT2D eigenvalue weighted by molar-refractivity contribution is -0.123. The van der Waals surface area contributed by atoms with Crippen molar-refractivity contribution in [3.8, 4) is 6.07 Å². The van der Waals surface area contributed by atoms with Crippen molar-refractivity contribution in [1.82, 2.24) is 0 Å². The van der Waals surface area contributed by atoms with Gasteiger partial charge in [0, 0.05) is 29.0 Å². The van der Waals surface area contributed by atoms with E-state index in [-0.39, 0.29) is 5.57 Å². The van der Waals surface area contributed by atoms with Crippen LogP contribution in [-0.4, -0.2) is 11.8 Å². The van der Waals surface area contributed by atoms with Gasteiger partial charge in [-0.25, -0.2) is 4.90 Å². The highest BCUT2D eigenvalue weighted by Gasteiger charge is 2.23. The van der Waals surface area contributed by atoms with Crippen molar-refractivity contribution in [3.63, 3.8) is 0 Å². The van der Waals surface area contributed by atoms with Gasteiger partial charge in [0.05, 0.1) is 5.69 Å². The molecule has 0 aliphatic heterocycles. The van der Waals surface area contributed by atoms with Gasteiger partial charge in [0.15, 0.2) is 0 Å². The van der Waals surface area contributed by atoms with Crippen LogP contribution in [-0.2, 0) is 9.59 Å². The highest BCUT2D eigenvalue weighted by Crippen LogP contribution is 2.19. The van der Waals surface area contributed by atoms with Crippen molar-refractivity contribution in [2.75, 3.05) is 16.0 Å². The molecule has 0 saturated carbocycles. The fourth-order valence-corrected chi connectivity index (χ4v) is 2.29. The Hall–Kier alpha value is -3.11. The Labute approximate surface area is 153 Å². The first-order valence-corrected chi connectivity index (χ1v) is 8.04. The first-order chi connectivity index (χ1) is 11.9. The van der Waals surface area contributed by atoms with E-state index in [2.05, 4.69) is 21.2 Å². The molecule has 126 valence electrons. The van der Waals surface area contributed by atoms with E-state index >= 15 is 0 Å². The summed E-state index contributed by atoms with van der Waals surface area (Å²) in [6, 6.07) is 15.3. The third kappa shape index (κ3) is 4.68. The highest BCUT2D eigenvalue weighted by molar-refractivity contribution is 9.10. The Morgan fingerprint density at radius 2 is 1.76 bits per heavy atom. The number of nitrogen functional groups attached to an aromatic ring is 1. The lowest BCUT2D eigenvalue weighted by Crippen LogP contribution is -2.36. The van der Waals surface area contributed by atoms with Gasteiger partial charge in [-0.15, -0.1) is 0 Å². The summed E-state index contributed by atoms with van der Waals surface area (Å²) >= 11 is 3.33. The number of hydrogen-bond acceptors (Lipinski definition) is 5. The zero-order chi connectivity index (χ0) is 18.4. The van der Waals surface area contributed by atoms with Gasteiger partial charge in [0.1, 0.15) is 11.6 Å². The van der Waals surface area contributed by atoms with Crippen LogP contribution >= 0.6 is 15.9 Å². The smallest absolute Gasteiger partial charge is 0.277 e. The standard InChI is InChI=1S/C18H15BrN4O2/c1-12(24)23(17-8-4-15(21)5-9-17)18(25)13(10-20)11-22-16-6-2-14(19)3-7-16/h2-9,11,22H,21H2,1H3/b13-11-. The Morgan fingerprint density at radius 1 is 1.16 bits per heavy atom. The van der Waals surface area contributed by atoms with Crippen molar-refractivity contribution in [3.05, 3.63) is 64.8 Å². The second-order valence-corrected chi connectivity index (χ2v) is 5.99. The monoisotopic (exact) mass is 398 g/mol. The van der Waals surface area contributed by atoms with Gasteiger partial charge < -0.3 is 11.1 Å². The number of carbonyl (C=O) groups is 2. The van der Waals surface area contributed by atoms with Crippen LogP contribution in [0.1, 0.15) is 6.92 Å². The molecule has 25 heavy (non-hydrogen) atoms. The molecule has 6 nitrogen and oxygen atoms in total. The fraction of sp³-hybridized carbons (Fsp3) is 0.0556. The van der Waals surface area contributed by atoms with Gasteiger partial charge in [0.2, 0.25) is 5.91 Å². The van der Waals surface area contributed by atoms with E-state index in [9.17, 15) is 14.9 Å². The zero-order valence-corrected chi connectivity index (χ0v) is 14.9. The van der Waals surface area contributed by atoms with Crippen molar-refractivity contribution < 1.29 is 9.59 Å². The normalized spacial score (nSPS) is 10.7. The van der Waals surface area contributed by atoms with Crippen LogP contribution in [0.4, 0.5) is 17.1 Å². The number of amides is 2. The quantitative estimate of drug-likeness (QED) is 0.466. The number of rotatable bonds is 4. The summed E-state index contributed by atoms with van der Waals surface area (Å²) in [5.74, 6) is -1.22. The largest absolute Gasteiger partial charge is 0.399 e. The minimum Gasteiger partial charge on any atom is -0.399 e. The Bertz CT molecular complexity index is 852. The number of nitriles is 1. The highest BCUT2D eigenvalue weighted by atomic mass is 79.9. The summed E-state index contributed by atoms with van der Waals surface area (Å²) in [5, 5.41) is 12.2. The number of benzene rings is 2. The summed E-state index contributed by atoms with van der Waals surface area (Å²) in [4.78, 5) is 25.5. The number of anilines is 3. The molecule has 0 aromatic heterocycles. The second kappa shape index (κ2) is 8.13. The topological polar surface area (TPSA) is 99.2 Å². The average Bonchev–Trinajstić information content (AvgIpc) is 2.58. The predicted molar refractivity (Wildman–Crippen MR) is 100 cm³/mol. The first kappa shape index (κ1) is 18.2. The van der Waals surface area contributed by atoms with Gasteiger partial charge in [-0.1, -0.05) is 15.9 Å². The van der Waals surface area contributed by atoms with Gasteiger partial charge in [-0.3, -0.25) is 9.59 Å². The van der Waals surface area contributed by atoms with Gasteiger partial charge in [-0.2, -0.15) is 5.26 Å². The van der Waals surface area contributed by atoms with E-state index in [4.69, 9.17) is 5.73 Å². The average molecular weight is 399 g/mol. The lowest BCUT2D eigenvalue weighted by Gasteiger charge is -2.19. The molecule has 0 unspecified atom stereocenters. The minimum atomic E-state index is -0.718. The third-order valence-corrected chi connectivity index (χ3v) is 3.78. The summed E-state index contributed by atoms with van der Waals surface area (Å²) in [5.41, 5.74) is 6.97. The molecule has 0 fully saturated rings. The lowest BCUT2D eigenvalue weighted by atomic mass is 10.2. The summed E-state index contributed by atoms with van der Waals surface area (Å²) in [6.45, 7) is 1.26.